The summed E-state index contributed by atoms with van der Waals surface area (Å²) >= 11 is 0. The van der Waals surface area contributed by atoms with Crippen LogP contribution < -0.4 is 4.74 Å². The lowest BCUT2D eigenvalue weighted by Gasteiger charge is -2.24. The maximum atomic E-state index is 12.7. The van der Waals surface area contributed by atoms with Gasteiger partial charge in [-0.3, -0.25) is 4.79 Å². The molecule has 128 valence electrons. The van der Waals surface area contributed by atoms with Crippen LogP contribution in [0.25, 0.3) is 10.8 Å². The summed E-state index contributed by atoms with van der Waals surface area (Å²) in [6, 6.07) is 24.1. The van der Waals surface area contributed by atoms with E-state index in [-0.39, 0.29) is 5.91 Å². The minimum Gasteiger partial charge on any atom is -0.481 e. The number of fused-ring (bicyclic) bond motifs is 1. The molecule has 0 aliphatic carbocycles. The highest BCUT2D eigenvalue weighted by atomic mass is 16.5. The summed E-state index contributed by atoms with van der Waals surface area (Å²) < 4.78 is 6.00. The first-order valence-electron chi connectivity index (χ1n) is 8.61. The predicted molar refractivity (Wildman–Crippen MR) is 102 cm³/mol. The number of ether oxygens (including phenoxy) is 1. The molecule has 0 heterocycles. The number of carbonyl (C=O) groups is 1. The number of likely N-dealkylation sites (N-methyl/N-ethyl adjacent to an activating group) is 1. The van der Waals surface area contributed by atoms with Crippen LogP contribution >= 0.6 is 0 Å². The molecule has 0 spiro atoms. The van der Waals surface area contributed by atoms with E-state index in [0.29, 0.717) is 13.0 Å². The Morgan fingerprint density at radius 3 is 2.36 bits per heavy atom. The molecule has 0 fully saturated rings. The molecule has 0 saturated heterocycles. The lowest BCUT2D eigenvalue weighted by atomic mass is 10.1. The Hall–Kier alpha value is -2.81. The SMILES string of the molecule is CC[C@@H](Oc1ccc2ccccc2c1)C(=O)N(C)Cc1ccccc1. The van der Waals surface area contributed by atoms with Gasteiger partial charge in [0.05, 0.1) is 0 Å². The van der Waals surface area contributed by atoms with Crippen molar-refractivity contribution in [2.75, 3.05) is 7.05 Å². The van der Waals surface area contributed by atoms with Crippen LogP contribution in [0, 0.1) is 0 Å². The quantitative estimate of drug-likeness (QED) is 0.657. The van der Waals surface area contributed by atoms with E-state index >= 15 is 0 Å². The second kappa shape index (κ2) is 7.84. The molecule has 0 N–H and O–H groups in total. The second-order valence-corrected chi connectivity index (χ2v) is 6.20. The summed E-state index contributed by atoms with van der Waals surface area (Å²) in [6.45, 7) is 2.55. The summed E-state index contributed by atoms with van der Waals surface area (Å²) in [5.41, 5.74) is 1.11. The average molecular weight is 333 g/mol. The van der Waals surface area contributed by atoms with Gasteiger partial charge < -0.3 is 9.64 Å². The highest BCUT2D eigenvalue weighted by Gasteiger charge is 2.22. The van der Waals surface area contributed by atoms with Crippen LogP contribution in [0.2, 0.25) is 0 Å². The standard InChI is InChI=1S/C22H23NO2/c1-3-21(22(24)23(2)16-17-9-5-4-6-10-17)25-20-14-13-18-11-7-8-12-19(18)15-20/h4-15,21H,3,16H2,1-2H3/t21-/m1/s1. The highest BCUT2D eigenvalue weighted by molar-refractivity contribution is 5.84. The topological polar surface area (TPSA) is 29.5 Å². The maximum absolute atomic E-state index is 12.7. The van der Waals surface area contributed by atoms with Gasteiger partial charge in [-0.15, -0.1) is 0 Å². The highest BCUT2D eigenvalue weighted by Crippen LogP contribution is 2.22. The molecule has 3 aromatic rings. The van der Waals surface area contributed by atoms with Crippen molar-refractivity contribution in [3.63, 3.8) is 0 Å². The lowest BCUT2D eigenvalue weighted by Crippen LogP contribution is -2.39. The van der Waals surface area contributed by atoms with Gasteiger partial charge in [0.1, 0.15) is 5.75 Å². The zero-order chi connectivity index (χ0) is 17.6. The first-order chi connectivity index (χ1) is 12.2. The van der Waals surface area contributed by atoms with Crippen LogP contribution in [0.15, 0.2) is 72.8 Å². The van der Waals surface area contributed by atoms with Gasteiger partial charge in [-0.1, -0.05) is 67.6 Å². The summed E-state index contributed by atoms with van der Waals surface area (Å²) in [5, 5.41) is 2.27. The fraction of sp³-hybridized carbons (Fsp3) is 0.227. The number of rotatable bonds is 6. The van der Waals surface area contributed by atoms with Gasteiger partial charge in [-0.2, -0.15) is 0 Å². The molecule has 1 amide bonds. The molecule has 25 heavy (non-hydrogen) atoms. The number of benzene rings is 3. The second-order valence-electron chi connectivity index (χ2n) is 6.20. The van der Waals surface area contributed by atoms with Crippen molar-refractivity contribution < 1.29 is 9.53 Å². The third-order valence-electron chi connectivity index (χ3n) is 4.28. The normalized spacial score (nSPS) is 11.9. The molecule has 0 saturated carbocycles. The van der Waals surface area contributed by atoms with E-state index in [1.54, 1.807) is 4.90 Å². The van der Waals surface area contributed by atoms with Crippen LogP contribution in [0.1, 0.15) is 18.9 Å². The number of hydrogen-bond acceptors (Lipinski definition) is 2. The maximum Gasteiger partial charge on any atom is 0.263 e. The van der Waals surface area contributed by atoms with E-state index in [4.69, 9.17) is 4.74 Å². The molecule has 0 aliphatic heterocycles. The van der Waals surface area contributed by atoms with Gasteiger partial charge in [0.15, 0.2) is 6.10 Å². The van der Waals surface area contributed by atoms with Gasteiger partial charge in [0.2, 0.25) is 0 Å². The van der Waals surface area contributed by atoms with Crippen LogP contribution in [0.4, 0.5) is 0 Å². The van der Waals surface area contributed by atoms with Crippen molar-refractivity contribution in [1.82, 2.24) is 4.90 Å². The van der Waals surface area contributed by atoms with Crippen LogP contribution in [-0.4, -0.2) is 24.0 Å². The van der Waals surface area contributed by atoms with E-state index in [1.807, 2.05) is 80.7 Å². The van der Waals surface area contributed by atoms with Gasteiger partial charge in [-0.25, -0.2) is 0 Å². The van der Waals surface area contributed by atoms with Gasteiger partial charge in [0, 0.05) is 13.6 Å². The third kappa shape index (κ3) is 4.18. The Morgan fingerprint density at radius 1 is 0.960 bits per heavy atom. The van der Waals surface area contributed by atoms with E-state index in [2.05, 4.69) is 6.07 Å². The predicted octanol–water partition coefficient (Wildman–Crippen LogP) is 4.66. The number of hydrogen-bond donors (Lipinski definition) is 0. The van der Waals surface area contributed by atoms with Crippen molar-refractivity contribution in [2.24, 2.45) is 0 Å². The largest absolute Gasteiger partial charge is 0.481 e. The Labute approximate surface area is 148 Å². The summed E-state index contributed by atoms with van der Waals surface area (Å²) in [6.07, 6.45) is 0.153. The molecule has 3 rings (SSSR count). The molecular weight excluding hydrogens is 310 g/mol. The molecule has 3 heteroatoms. The molecule has 0 radical (unpaired) electrons. The Morgan fingerprint density at radius 2 is 1.64 bits per heavy atom. The van der Waals surface area contributed by atoms with Crippen molar-refractivity contribution in [2.45, 2.75) is 26.0 Å². The zero-order valence-corrected chi connectivity index (χ0v) is 14.7. The van der Waals surface area contributed by atoms with E-state index in [9.17, 15) is 4.79 Å². The fourth-order valence-electron chi connectivity index (χ4n) is 2.89. The molecule has 3 nitrogen and oxygen atoms in total. The summed E-state index contributed by atoms with van der Waals surface area (Å²) in [4.78, 5) is 14.5. The monoisotopic (exact) mass is 333 g/mol. The number of amides is 1. The summed E-state index contributed by atoms with van der Waals surface area (Å²) in [7, 11) is 1.82. The van der Waals surface area contributed by atoms with Gasteiger partial charge in [-0.05, 0) is 34.9 Å². The fourth-order valence-corrected chi connectivity index (χ4v) is 2.89. The zero-order valence-electron chi connectivity index (χ0n) is 14.7. The minimum absolute atomic E-state index is 0.000452. The molecule has 0 bridgehead atoms. The van der Waals surface area contributed by atoms with Crippen LogP contribution in [0.5, 0.6) is 5.75 Å². The van der Waals surface area contributed by atoms with E-state index < -0.39 is 6.10 Å². The van der Waals surface area contributed by atoms with Crippen molar-refractivity contribution in [3.05, 3.63) is 78.4 Å². The van der Waals surface area contributed by atoms with E-state index in [0.717, 1.165) is 22.1 Å². The Bertz CT molecular complexity index is 845. The number of carbonyl (C=O) groups excluding carboxylic acids is 1. The first-order valence-corrected chi connectivity index (χ1v) is 8.61. The van der Waals surface area contributed by atoms with Gasteiger partial charge >= 0.3 is 0 Å². The smallest absolute Gasteiger partial charge is 0.263 e. The molecule has 0 aromatic heterocycles. The molecular formula is C22H23NO2. The number of nitrogens with zero attached hydrogens (tertiary/aromatic N) is 1. The van der Waals surface area contributed by atoms with Crippen LogP contribution in [-0.2, 0) is 11.3 Å². The molecule has 3 aromatic carbocycles. The van der Waals surface area contributed by atoms with Gasteiger partial charge in [0.25, 0.3) is 5.91 Å². The lowest BCUT2D eigenvalue weighted by molar-refractivity contribution is -0.138. The molecule has 0 aliphatic rings. The Balaban J connectivity index is 1.70. The van der Waals surface area contributed by atoms with Crippen molar-refractivity contribution in [3.8, 4) is 5.75 Å². The first kappa shape index (κ1) is 17.0. The molecule has 1 atom stereocenters. The van der Waals surface area contributed by atoms with E-state index in [1.165, 1.54) is 0 Å². The minimum atomic E-state index is -0.477. The average Bonchev–Trinajstić information content (AvgIpc) is 2.66. The molecule has 0 unspecified atom stereocenters. The third-order valence-corrected chi connectivity index (χ3v) is 4.28. The van der Waals surface area contributed by atoms with Crippen LogP contribution in [0.3, 0.4) is 0 Å². The van der Waals surface area contributed by atoms with Crippen molar-refractivity contribution >= 4 is 16.7 Å². The Kier molecular flexibility index (Phi) is 5.34. The van der Waals surface area contributed by atoms with Crippen molar-refractivity contribution in [1.29, 1.82) is 0 Å². The summed E-state index contributed by atoms with van der Waals surface area (Å²) in [5.74, 6) is 0.728.